The number of rotatable bonds is 11. The summed E-state index contributed by atoms with van der Waals surface area (Å²) in [5.41, 5.74) is 0.883. The highest BCUT2D eigenvalue weighted by atomic mass is 35.5. The van der Waals surface area contributed by atoms with E-state index in [2.05, 4.69) is 5.32 Å². The Hall–Kier alpha value is -2.78. The summed E-state index contributed by atoms with van der Waals surface area (Å²) in [6.07, 6.45) is 0. The molecule has 0 aliphatic carbocycles. The van der Waals surface area contributed by atoms with E-state index in [0.29, 0.717) is 27.2 Å². The minimum Gasteiger partial charge on any atom is -0.354 e. The number of carbonyl (C=O) groups excluding carboxylic acids is 2. The predicted octanol–water partition coefficient (Wildman–Crippen LogP) is 6.03. The summed E-state index contributed by atoms with van der Waals surface area (Å²) < 4.78 is 28.4. The number of nitrogens with one attached hydrogen (secondary N) is 1. The van der Waals surface area contributed by atoms with Crippen molar-refractivity contribution < 1.29 is 18.0 Å². The molecule has 0 saturated heterocycles. The molecule has 1 atom stereocenters. The van der Waals surface area contributed by atoms with Gasteiger partial charge in [-0.3, -0.25) is 13.9 Å². The van der Waals surface area contributed by atoms with Gasteiger partial charge in [0.1, 0.15) is 12.6 Å². The van der Waals surface area contributed by atoms with Gasteiger partial charge in [-0.1, -0.05) is 72.9 Å². The van der Waals surface area contributed by atoms with Gasteiger partial charge < -0.3 is 10.2 Å². The Labute approximate surface area is 244 Å². The second kappa shape index (κ2) is 13.5. The molecule has 0 aliphatic rings. The molecule has 0 spiro atoms. The van der Waals surface area contributed by atoms with Crippen LogP contribution < -0.4 is 9.62 Å². The van der Waals surface area contributed by atoms with E-state index >= 15 is 0 Å². The number of carbonyl (C=O) groups is 2. The van der Waals surface area contributed by atoms with Crippen LogP contribution in [0.15, 0.2) is 77.7 Å². The second-order valence-corrected chi connectivity index (χ2v) is 12.5. The fraction of sp³-hybridized carbons (Fsp3) is 0.286. The van der Waals surface area contributed by atoms with E-state index in [9.17, 15) is 18.0 Å². The van der Waals surface area contributed by atoms with Crippen molar-refractivity contribution in [3.05, 3.63) is 93.4 Å². The average molecular weight is 611 g/mol. The highest BCUT2D eigenvalue weighted by Crippen LogP contribution is 2.27. The van der Waals surface area contributed by atoms with Crippen LogP contribution in [-0.4, -0.2) is 44.3 Å². The smallest absolute Gasteiger partial charge is 0.264 e. The molecule has 7 nitrogen and oxygen atoms in total. The third-order valence-corrected chi connectivity index (χ3v) is 8.69. The first-order valence-corrected chi connectivity index (χ1v) is 14.8. The third-order valence-electron chi connectivity index (χ3n) is 5.91. The summed E-state index contributed by atoms with van der Waals surface area (Å²) in [6, 6.07) is 18.0. The van der Waals surface area contributed by atoms with Gasteiger partial charge in [0, 0.05) is 18.1 Å². The molecule has 0 bridgehead atoms. The van der Waals surface area contributed by atoms with Crippen molar-refractivity contribution in [1.29, 1.82) is 0 Å². The van der Waals surface area contributed by atoms with Crippen molar-refractivity contribution in [2.24, 2.45) is 5.92 Å². The first-order valence-electron chi connectivity index (χ1n) is 12.2. The van der Waals surface area contributed by atoms with Crippen LogP contribution in [0, 0.1) is 5.92 Å². The maximum atomic E-state index is 13.9. The Balaban J connectivity index is 2.01. The van der Waals surface area contributed by atoms with Crippen LogP contribution in [0.25, 0.3) is 0 Å². The maximum absolute atomic E-state index is 13.9. The number of hydrogen-bond acceptors (Lipinski definition) is 4. The molecule has 0 radical (unpaired) electrons. The van der Waals surface area contributed by atoms with Gasteiger partial charge in [0.05, 0.1) is 20.6 Å². The molecule has 11 heteroatoms. The van der Waals surface area contributed by atoms with Crippen LogP contribution in [0.3, 0.4) is 0 Å². The predicted molar refractivity (Wildman–Crippen MR) is 157 cm³/mol. The lowest BCUT2D eigenvalue weighted by Crippen LogP contribution is -2.51. The number of sulfonamides is 1. The highest BCUT2D eigenvalue weighted by Gasteiger charge is 2.32. The number of amides is 2. The number of halogens is 3. The van der Waals surface area contributed by atoms with Gasteiger partial charge in [-0.15, -0.1) is 0 Å². The number of hydrogen-bond donors (Lipinski definition) is 1. The van der Waals surface area contributed by atoms with Crippen molar-refractivity contribution in [1.82, 2.24) is 10.2 Å². The molecule has 2 amide bonds. The molecule has 0 saturated carbocycles. The normalized spacial score (nSPS) is 12.2. The molecule has 39 heavy (non-hydrogen) atoms. The summed E-state index contributed by atoms with van der Waals surface area (Å²) in [4.78, 5) is 28.2. The van der Waals surface area contributed by atoms with Crippen molar-refractivity contribution >= 4 is 62.3 Å². The summed E-state index contributed by atoms with van der Waals surface area (Å²) in [5, 5.41) is 3.91. The van der Waals surface area contributed by atoms with Crippen molar-refractivity contribution in [2.75, 3.05) is 17.4 Å². The number of anilines is 1. The molecule has 3 aromatic carbocycles. The fourth-order valence-electron chi connectivity index (χ4n) is 3.73. The first-order chi connectivity index (χ1) is 18.4. The monoisotopic (exact) mass is 609 g/mol. The van der Waals surface area contributed by atoms with Crippen LogP contribution in [0.5, 0.6) is 0 Å². The molecule has 0 aromatic heterocycles. The van der Waals surface area contributed by atoms with Gasteiger partial charge in [0.25, 0.3) is 10.0 Å². The minimum absolute atomic E-state index is 0.00578. The van der Waals surface area contributed by atoms with Crippen molar-refractivity contribution in [2.45, 2.75) is 38.3 Å². The topological polar surface area (TPSA) is 86.8 Å². The molecule has 3 rings (SSSR count). The Kier molecular flexibility index (Phi) is 10.7. The van der Waals surface area contributed by atoms with Crippen LogP contribution in [0.2, 0.25) is 15.1 Å². The Bertz CT molecular complexity index is 1400. The largest absolute Gasteiger partial charge is 0.354 e. The number of nitrogens with zero attached hydrogens (tertiary/aromatic N) is 2. The van der Waals surface area contributed by atoms with Gasteiger partial charge >= 0.3 is 0 Å². The lowest BCUT2D eigenvalue weighted by atomic mass is 10.1. The summed E-state index contributed by atoms with van der Waals surface area (Å²) in [5.74, 6) is -0.736. The molecule has 0 fully saturated rings. The standard InChI is InChI=1S/C28H30Cl3N3O4S/c1-19(2)16-32-28(36)20(3)33(17-21-9-14-25(30)26(31)15-21)27(35)18-34(23-12-10-22(29)11-13-23)39(37,38)24-7-5-4-6-8-24/h4-15,19-20H,16-18H2,1-3H3,(H,32,36)/t20-/m0/s1. The zero-order chi connectivity index (χ0) is 28.7. The van der Waals surface area contributed by atoms with Crippen molar-refractivity contribution in [3.63, 3.8) is 0 Å². The molecule has 0 aliphatic heterocycles. The molecule has 3 aromatic rings. The molecule has 208 valence electrons. The summed E-state index contributed by atoms with van der Waals surface area (Å²) in [7, 11) is -4.14. The molecule has 0 heterocycles. The van der Waals surface area contributed by atoms with E-state index in [1.165, 1.54) is 29.2 Å². The third kappa shape index (κ3) is 8.11. The van der Waals surface area contributed by atoms with E-state index in [4.69, 9.17) is 34.8 Å². The summed E-state index contributed by atoms with van der Waals surface area (Å²) in [6.45, 7) is 5.40. The van der Waals surface area contributed by atoms with Gasteiger partial charge in [0.2, 0.25) is 11.8 Å². The lowest BCUT2D eigenvalue weighted by Gasteiger charge is -2.32. The average Bonchev–Trinajstić information content (AvgIpc) is 2.91. The molecular weight excluding hydrogens is 581 g/mol. The molecular formula is C28H30Cl3N3O4S. The number of benzene rings is 3. The van der Waals surface area contributed by atoms with E-state index in [-0.39, 0.29) is 29.0 Å². The highest BCUT2D eigenvalue weighted by molar-refractivity contribution is 7.92. The van der Waals surface area contributed by atoms with E-state index in [1.54, 1.807) is 55.5 Å². The van der Waals surface area contributed by atoms with E-state index in [0.717, 1.165) is 4.31 Å². The second-order valence-electron chi connectivity index (χ2n) is 9.39. The zero-order valence-corrected chi connectivity index (χ0v) is 24.9. The molecule has 0 unspecified atom stereocenters. The van der Waals surface area contributed by atoms with E-state index < -0.39 is 28.5 Å². The van der Waals surface area contributed by atoms with Crippen LogP contribution in [0.4, 0.5) is 5.69 Å². The lowest BCUT2D eigenvalue weighted by molar-refractivity contribution is -0.139. The van der Waals surface area contributed by atoms with Crippen molar-refractivity contribution in [3.8, 4) is 0 Å². The van der Waals surface area contributed by atoms with Crippen LogP contribution in [-0.2, 0) is 26.2 Å². The van der Waals surface area contributed by atoms with Gasteiger partial charge in [0.15, 0.2) is 0 Å². The molecule has 1 N–H and O–H groups in total. The van der Waals surface area contributed by atoms with Gasteiger partial charge in [-0.25, -0.2) is 8.42 Å². The quantitative estimate of drug-likeness (QED) is 0.287. The fourth-order valence-corrected chi connectivity index (χ4v) is 5.61. The zero-order valence-electron chi connectivity index (χ0n) is 21.8. The van der Waals surface area contributed by atoms with E-state index in [1.807, 2.05) is 13.8 Å². The Morgan fingerprint density at radius 1 is 0.872 bits per heavy atom. The minimum atomic E-state index is -4.14. The Morgan fingerprint density at radius 3 is 2.10 bits per heavy atom. The SMILES string of the molecule is CC(C)CNC(=O)[C@H](C)N(Cc1ccc(Cl)c(Cl)c1)C(=O)CN(c1ccc(Cl)cc1)S(=O)(=O)c1ccccc1. The van der Waals surface area contributed by atoms with Crippen LogP contribution >= 0.6 is 34.8 Å². The Morgan fingerprint density at radius 2 is 1.51 bits per heavy atom. The van der Waals surface area contributed by atoms with Gasteiger partial charge in [-0.05, 0) is 66.9 Å². The van der Waals surface area contributed by atoms with Gasteiger partial charge in [-0.2, -0.15) is 0 Å². The van der Waals surface area contributed by atoms with Crippen LogP contribution in [0.1, 0.15) is 26.3 Å². The maximum Gasteiger partial charge on any atom is 0.264 e. The first kappa shape index (κ1) is 30.8. The summed E-state index contributed by atoms with van der Waals surface area (Å²) >= 11 is 18.3.